The molecule has 2 N–H and O–H groups in total. The molecule has 1 saturated heterocycles. The Morgan fingerprint density at radius 1 is 1.16 bits per heavy atom. The number of nitrogens with zero attached hydrogens (tertiary/aromatic N) is 3. The van der Waals surface area contributed by atoms with Crippen molar-refractivity contribution in [1.29, 1.82) is 0 Å². The van der Waals surface area contributed by atoms with E-state index in [1.165, 1.54) is 0 Å². The summed E-state index contributed by atoms with van der Waals surface area (Å²) in [7, 11) is 0. The largest absolute Gasteiger partial charge is 0.459 e. The number of hydrogen-bond acceptors (Lipinski definition) is 6. The number of hydrogen-bond donors (Lipinski definition) is 1. The number of nitrogen functional groups attached to an aromatic ring is 1. The summed E-state index contributed by atoms with van der Waals surface area (Å²) in [6.45, 7) is 4.95. The summed E-state index contributed by atoms with van der Waals surface area (Å²) in [4.78, 5) is 22.6. The van der Waals surface area contributed by atoms with Gasteiger partial charge in [-0.2, -0.15) is 0 Å². The Morgan fingerprint density at radius 2 is 1.87 bits per heavy atom. The molecule has 31 heavy (non-hydrogen) atoms. The molecule has 3 heterocycles. The highest BCUT2D eigenvalue weighted by molar-refractivity contribution is 6.09. The Balaban J connectivity index is 1.69. The van der Waals surface area contributed by atoms with Gasteiger partial charge in [0.2, 0.25) is 0 Å². The van der Waals surface area contributed by atoms with E-state index in [-0.39, 0.29) is 24.1 Å². The lowest BCUT2D eigenvalue weighted by Crippen LogP contribution is -2.18. The van der Waals surface area contributed by atoms with Crippen LogP contribution in [0.25, 0.3) is 27.9 Å². The van der Waals surface area contributed by atoms with Crippen LogP contribution in [0.4, 0.5) is 5.82 Å². The SMILES string of the molecule is Cc1cc(C)cc(-n2c(N)c(C(=O)OCC3CCCO3)c3nc4ccccc4nc32)c1. The van der Waals surface area contributed by atoms with E-state index < -0.39 is 5.97 Å². The van der Waals surface area contributed by atoms with Crippen molar-refractivity contribution in [2.24, 2.45) is 0 Å². The molecule has 1 aliphatic rings. The fourth-order valence-corrected chi connectivity index (χ4v) is 4.22. The number of para-hydroxylation sites is 2. The molecule has 2 aromatic heterocycles. The van der Waals surface area contributed by atoms with Crippen LogP contribution in [0.15, 0.2) is 42.5 Å². The number of aromatic nitrogens is 3. The molecule has 1 fully saturated rings. The lowest BCUT2D eigenvalue weighted by molar-refractivity contribution is 0.0163. The van der Waals surface area contributed by atoms with Gasteiger partial charge >= 0.3 is 5.97 Å². The summed E-state index contributed by atoms with van der Waals surface area (Å²) in [5.74, 6) is -0.238. The van der Waals surface area contributed by atoms with Crippen molar-refractivity contribution in [2.75, 3.05) is 18.9 Å². The van der Waals surface area contributed by atoms with Gasteiger partial charge < -0.3 is 15.2 Å². The Labute approximate surface area is 179 Å². The van der Waals surface area contributed by atoms with E-state index >= 15 is 0 Å². The maximum atomic E-state index is 13.1. The van der Waals surface area contributed by atoms with Crippen molar-refractivity contribution in [3.63, 3.8) is 0 Å². The minimum absolute atomic E-state index is 0.0649. The Bertz CT molecular complexity index is 1290. The smallest absolute Gasteiger partial charge is 0.344 e. The first-order chi connectivity index (χ1) is 15.0. The second-order valence-electron chi connectivity index (χ2n) is 8.06. The molecule has 0 bridgehead atoms. The van der Waals surface area contributed by atoms with Crippen LogP contribution >= 0.6 is 0 Å². The van der Waals surface area contributed by atoms with Crippen molar-refractivity contribution in [1.82, 2.24) is 14.5 Å². The Kier molecular flexibility index (Phi) is 4.82. The zero-order chi connectivity index (χ0) is 21.5. The molecule has 0 saturated carbocycles. The average molecular weight is 416 g/mol. The maximum absolute atomic E-state index is 13.1. The number of benzene rings is 2. The van der Waals surface area contributed by atoms with Crippen molar-refractivity contribution in [2.45, 2.75) is 32.8 Å². The fourth-order valence-electron chi connectivity index (χ4n) is 4.22. The highest BCUT2D eigenvalue weighted by atomic mass is 16.6. The highest BCUT2D eigenvalue weighted by Crippen LogP contribution is 2.32. The molecular formula is C24H24N4O3. The van der Waals surface area contributed by atoms with Gasteiger partial charge in [0.05, 0.1) is 17.1 Å². The van der Waals surface area contributed by atoms with Gasteiger partial charge in [0, 0.05) is 12.3 Å². The van der Waals surface area contributed by atoms with Crippen LogP contribution in [0, 0.1) is 13.8 Å². The third kappa shape index (κ3) is 3.51. The summed E-state index contributed by atoms with van der Waals surface area (Å²) in [5.41, 5.74) is 12.2. The van der Waals surface area contributed by atoms with Gasteiger partial charge in [-0.05, 0) is 62.1 Å². The van der Waals surface area contributed by atoms with Crippen molar-refractivity contribution in [3.05, 3.63) is 59.2 Å². The summed E-state index contributed by atoms with van der Waals surface area (Å²) >= 11 is 0. The second kappa shape index (κ2) is 7.67. The lowest BCUT2D eigenvalue weighted by Gasteiger charge is -2.11. The number of aryl methyl sites for hydroxylation is 2. The number of carbonyl (C=O) groups excluding carboxylic acids is 1. The van der Waals surface area contributed by atoms with E-state index in [1.54, 1.807) is 4.57 Å². The van der Waals surface area contributed by atoms with Crippen LogP contribution in [0.3, 0.4) is 0 Å². The number of anilines is 1. The third-order valence-electron chi connectivity index (χ3n) is 5.59. The first-order valence-electron chi connectivity index (χ1n) is 10.5. The molecule has 0 radical (unpaired) electrons. The average Bonchev–Trinajstić information content (AvgIpc) is 3.35. The molecule has 158 valence electrons. The Hall–Kier alpha value is -3.45. The van der Waals surface area contributed by atoms with Crippen LogP contribution in [0.5, 0.6) is 0 Å². The van der Waals surface area contributed by atoms with Gasteiger partial charge in [0.15, 0.2) is 5.65 Å². The van der Waals surface area contributed by atoms with E-state index in [0.717, 1.165) is 35.2 Å². The van der Waals surface area contributed by atoms with Crippen LogP contribution in [-0.4, -0.2) is 39.8 Å². The topological polar surface area (TPSA) is 92.3 Å². The fraction of sp³-hybridized carbons (Fsp3) is 0.292. The molecule has 2 aromatic carbocycles. The molecule has 1 aliphatic heterocycles. The Morgan fingerprint density at radius 3 is 2.55 bits per heavy atom. The number of carbonyl (C=O) groups is 1. The molecule has 1 unspecified atom stereocenters. The van der Waals surface area contributed by atoms with E-state index in [2.05, 4.69) is 6.07 Å². The van der Waals surface area contributed by atoms with E-state index in [0.29, 0.717) is 23.3 Å². The number of esters is 1. The molecule has 0 amide bonds. The van der Waals surface area contributed by atoms with Gasteiger partial charge in [-0.1, -0.05) is 18.2 Å². The lowest BCUT2D eigenvalue weighted by atomic mass is 10.1. The molecule has 0 spiro atoms. The molecule has 1 atom stereocenters. The summed E-state index contributed by atoms with van der Waals surface area (Å²) in [6, 6.07) is 13.7. The first kappa shape index (κ1) is 19.5. The predicted octanol–water partition coefficient (Wildman–Crippen LogP) is 4.11. The third-order valence-corrected chi connectivity index (χ3v) is 5.59. The summed E-state index contributed by atoms with van der Waals surface area (Å²) < 4.78 is 12.9. The molecule has 5 rings (SSSR count). The minimum atomic E-state index is -0.509. The zero-order valence-electron chi connectivity index (χ0n) is 17.6. The van der Waals surface area contributed by atoms with Gasteiger partial charge in [-0.25, -0.2) is 14.8 Å². The van der Waals surface area contributed by atoms with Crippen molar-refractivity contribution < 1.29 is 14.3 Å². The van der Waals surface area contributed by atoms with E-state index in [4.69, 9.17) is 25.2 Å². The number of ether oxygens (including phenoxy) is 2. The number of rotatable bonds is 4. The van der Waals surface area contributed by atoms with Gasteiger partial charge in [0.1, 0.15) is 23.5 Å². The van der Waals surface area contributed by atoms with Crippen LogP contribution < -0.4 is 5.73 Å². The first-order valence-corrected chi connectivity index (χ1v) is 10.5. The van der Waals surface area contributed by atoms with Gasteiger partial charge in [-0.3, -0.25) is 4.57 Å². The molecular weight excluding hydrogens is 392 g/mol. The van der Waals surface area contributed by atoms with Crippen molar-refractivity contribution >= 4 is 34.0 Å². The highest BCUT2D eigenvalue weighted by Gasteiger charge is 2.27. The number of fused-ring (bicyclic) bond motifs is 2. The van der Waals surface area contributed by atoms with Gasteiger partial charge in [0.25, 0.3) is 0 Å². The summed E-state index contributed by atoms with van der Waals surface area (Å²) in [5, 5.41) is 0. The quantitative estimate of drug-likeness (QED) is 0.504. The molecule has 7 heteroatoms. The van der Waals surface area contributed by atoms with E-state index in [9.17, 15) is 4.79 Å². The standard InChI is InChI=1S/C24H24N4O3/c1-14-10-15(2)12-16(11-14)28-22(25)20(24(29)31-13-17-6-5-9-30-17)21-23(28)27-19-8-4-3-7-18(19)26-21/h3-4,7-8,10-12,17H,5-6,9,13,25H2,1-2H3. The zero-order valence-corrected chi connectivity index (χ0v) is 17.6. The predicted molar refractivity (Wildman–Crippen MR) is 120 cm³/mol. The number of nitrogens with two attached hydrogens (primary N) is 1. The van der Waals surface area contributed by atoms with Crippen LogP contribution in [0.2, 0.25) is 0 Å². The summed E-state index contributed by atoms with van der Waals surface area (Å²) in [6.07, 6.45) is 1.80. The molecule has 0 aliphatic carbocycles. The normalized spacial score (nSPS) is 16.3. The van der Waals surface area contributed by atoms with Crippen molar-refractivity contribution in [3.8, 4) is 5.69 Å². The molecule has 4 aromatic rings. The van der Waals surface area contributed by atoms with Gasteiger partial charge in [-0.15, -0.1) is 0 Å². The second-order valence-corrected chi connectivity index (χ2v) is 8.06. The molecule has 7 nitrogen and oxygen atoms in total. The van der Waals surface area contributed by atoms with Crippen LogP contribution in [-0.2, 0) is 9.47 Å². The minimum Gasteiger partial charge on any atom is -0.459 e. The monoisotopic (exact) mass is 416 g/mol. The van der Waals surface area contributed by atoms with Crippen LogP contribution in [0.1, 0.15) is 34.3 Å². The maximum Gasteiger partial charge on any atom is 0.344 e. The van der Waals surface area contributed by atoms with E-state index in [1.807, 2.05) is 50.2 Å².